The van der Waals surface area contributed by atoms with Gasteiger partial charge in [-0.15, -0.1) is 11.3 Å². The number of carbonyl (C=O) groups is 2. The number of ether oxygens (including phenoxy) is 1. The molecule has 3 heterocycles. The van der Waals surface area contributed by atoms with Crippen LogP contribution >= 0.6 is 22.7 Å². The zero-order chi connectivity index (χ0) is 22.4. The van der Waals surface area contributed by atoms with Gasteiger partial charge in [-0.2, -0.15) is 0 Å². The molecule has 0 radical (unpaired) electrons. The molecule has 1 unspecified atom stereocenters. The van der Waals surface area contributed by atoms with Crippen molar-refractivity contribution in [2.45, 2.75) is 6.04 Å². The molecule has 1 aliphatic heterocycles. The van der Waals surface area contributed by atoms with Crippen LogP contribution < -0.4 is 9.64 Å². The van der Waals surface area contributed by atoms with E-state index in [9.17, 15) is 19.1 Å². The number of methoxy groups -OCH3 is 1. The maximum Gasteiger partial charge on any atom is 0.296 e. The van der Waals surface area contributed by atoms with Crippen molar-refractivity contribution in [1.29, 1.82) is 0 Å². The van der Waals surface area contributed by atoms with Crippen molar-refractivity contribution in [2.24, 2.45) is 0 Å². The summed E-state index contributed by atoms with van der Waals surface area (Å²) in [6.45, 7) is 0. The molecule has 0 fully saturated rings. The Labute approximate surface area is 189 Å². The summed E-state index contributed by atoms with van der Waals surface area (Å²) < 4.78 is 20.1. The Morgan fingerprint density at radius 1 is 1.19 bits per heavy atom. The number of nitrogens with zero attached hydrogens (tertiary/aromatic N) is 2. The Morgan fingerprint density at radius 2 is 2.03 bits per heavy atom. The van der Waals surface area contributed by atoms with Gasteiger partial charge in [0.15, 0.2) is 10.9 Å². The molecular formula is C23H15FN2O4S2. The van der Waals surface area contributed by atoms with Crippen LogP contribution in [0.15, 0.2) is 71.3 Å². The molecule has 2 aromatic carbocycles. The topological polar surface area (TPSA) is 79.7 Å². The van der Waals surface area contributed by atoms with E-state index in [2.05, 4.69) is 4.98 Å². The average molecular weight is 467 g/mol. The van der Waals surface area contributed by atoms with Crippen LogP contribution in [0, 0.1) is 5.82 Å². The third kappa shape index (κ3) is 3.26. The number of carbonyl (C=O) groups excluding carboxylic acids is 2. The van der Waals surface area contributed by atoms with Crippen molar-refractivity contribution in [3.8, 4) is 5.75 Å². The van der Waals surface area contributed by atoms with Gasteiger partial charge in [0.25, 0.3) is 5.91 Å². The summed E-state index contributed by atoms with van der Waals surface area (Å²) in [5.74, 6) is -1.78. The van der Waals surface area contributed by atoms with Crippen molar-refractivity contribution in [3.63, 3.8) is 0 Å². The van der Waals surface area contributed by atoms with Crippen LogP contribution in [-0.4, -0.2) is 28.9 Å². The third-order valence-electron chi connectivity index (χ3n) is 5.15. The minimum Gasteiger partial charge on any atom is -0.503 e. The minimum atomic E-state index is -1.02. The maximum absolute atomic E-state index is 14.1. The highest BCUT2D eigenvalue weighted by Crippen LogP contribution is 2.44. The highest BCUT2D eigenvalue weighted by molar-refractivity contribution is 7.22. The number of aromatic nitrogens is 1. The molecule has 32 heavy (non-hydrogen) atoms. The predicted octanol–water partition coefficient (Wildman–Crippen LogP) is 5.29. The highest BCUT2D eigenvalue weighted by atomic mass is 32.1. The second-order valence-corrected chi connectivity index (χ2v) is 8.99. The number of benzene rings is 2. The Kier molecular flexibility index (Phi) is 4.99. The van der Waals surface area contributed by atoms with E-state index in [0.29, 0.717) is 21.7 Å². The monoisotopic (exact) mass is 466 g/mol. The Balaban J connectivity index is 1.68. The Morgan fingerprint density at radius 3 is 2.75 bits per heavy atom. The van der Waals surface area contributed by atoms with Gasteiger partial charge in [-0.05, 0) is 47.3 Å². The normalized spacial score (nSPS) is 16.2. The lowest BCUT2D eigenvalue weighted by molar-refractivity contribution is -0.117. The number of aliphatic hydroxyl groups excluding tert-OH is 1. The summed E-state index contributed by atoms with van der Waals surface area (Å²) in [7, 11) is 1.55. The highest BCUT2D eigenvalue weighted by Gasteiger charge is 2.46. The predicted molar refractivity (Wildman–Crippen MR) is 121 cm³/mol. The first-order chi connectivity index (χ1) is 15.5. The van der Waals surface area contributed by atoms with Gasteiger partial charge in [-0.3, -0.25) is 14.5 Å². The number of aliphatic hydroxyl groups is 1. The fourth-order valence-electron chi connectivity index (χ4n) is 3.69. The molecule has 1 N–H and O–H groups in total. The van der Waals surface area contributed by atoms with E-state index < -0.39 is 29.3 Å². The van der Waals surface area contributed by atoms with E-state index in [-0.39, 0.29) is 10.7 Å². The number of rotatable bonds is 5. The molecule has 2 aromatic heterocycles. The Hall–Kier alpha value is -3.56. The summed E-state index contributed by atoms with van der Waals surface area (Å²) in [6.07, 6.45) is 0. The number of ketones is 1. The SMILES string of the molecule is COc1ccc2nc(N3C(=O)C(O)=C(C(=O)c4cccs4)C3c3cccc(F)c3)sc2c1. The number of thiazole rings is 1. The quantitative estimate of drug-likeness (QED) is 0.405. The minimum absolute atomic E-state index is 0.0973. The van der Waals surface area contributed by atoms with E-state index >= 15 is 0 Å². The molecule has 5 rings (SSSR count). The molecule has 1 amide bonds. The average Bonchev–Trinajstić information content (AvgIpc) is 3.51. The molecule has 4 aromatic rings. The van der Waals surface area contributed by atoms with Crippen molar-refractivity contribution in [2.75, 3.05) is 12.0 Å². The summed E-state index contributed by atoms with van der Waals surface area (Å²) in [6, 6.07) is 13.3. The van der Waals surface area contributed by atoms with Gasteiger partial charge in [0.2, 0.25) is 5.78 Å². The molecule has 0 saturated carbocycles. The standard InChI is InChI=1S/C23H15FN2O4S2/c1-30-14-7-8-15-17(11-14)32-23(25-15)26-19(12-4-2-5-13(24)10-12)18(21(28)22(26)29)20(27)16-6-3-9-31-16/h2-11,19,28H,1H3. The van der Waals surface area contributed by atoms with E-state index in [0.717, 1.165) is 4.70 Å². The first-order valence-corrected chi connectivity index (χ1v) is 11.2. The lowest BCUT2D eigenvalue weighted by Gasteiger charge is -2.24. The first kappa shape index (κ1) is 20.3. The van der Waals surface area contributed by atoms with Gasteiger partial charge in [0, 0.05) is 0 Å². The number of hydrogen-bond acceptors (Lipinski definition) is 7. The molecule has 0 spiro atoms. The fraction of sp³-hybridized carbons (Fsp3) is 0.0870. The first-order valence-electron chi connectivity index (χ1n) is 9.53. The van der Waals surface area contributed by atoms with E-state index in [1.807, 2.05) is 0 Å². The number of fused-ring (bicyclic) bond motifs is 1. The van der Waals surface area contributed by atoms with Crippen molar-refractivity contribution in [1.82, 2.24) is 4.98 Å². The maximum atomic E-state index is 14.1. The lowest BCUT2D eigenvalue weighted by Crippen LogP contribution is -2.31. The van der Waals surface area contributed by atoms with Crippen LogP contribution in [0.4, 0.5) is 9.52 Å². The lowest BCUT2D eigenvalue weighted by atomic mass is 9.95. The summed E-state index contributed by atoms with van der Waals surface area (Å²) in [4.78, 5) is 32.6. The van der Waals surface area contributed by atoms with Crippen LogP contribution in [0.2, 0.25) is 0 Å². The second kappa shape index (κ2) is 7.85. The molecule has 1 aliphatic rings. The summed E-state index contributed by atoms with van der Waals surface area (Å²) in [5, 5.41) is 12.8. The van der Waals surface area contributed by atoms with Crippen LogP contribution in [0.5, 0.6) is 5.75 Å². The number of halogens is 1. The molecule has 0 saturated heterocycles. The molecule has 6 nitrogen and oxygen atoms in total. The fourth-order valence-corrected chi connectivity index (χ4v) is 5.39. The van der Waals surface area contributed by atoms with E-state index in [4.69, 9.17) is 4.74 Å². The molecule has 1 atom stereocenters. The van der Waals surface area contributed by atoms with E-state index in [1.165, 1.54) is 45.8 Å². The zero-order valence-corrected chi connectivity index (χ0v) is 18.2. The van der Waals surface area contributed by atoms with Crippen LogP contribution in [-0.2, 0) is 4.79 Å². The second-order valence-electron chi connectivity index (χ2n) is 7.03. The Bertz CT molecular complexity index is 1390. The van der Waals surface area contributed by atoms with Crippen LogP contribution in [0.1, 0.15) is 21.3 Å². The van der Waals surface area contributed by atoms with E-state index in [1.54, 1.807) is 48.9 Å². The molecule has 160 valence electrons. The molecule has 9 heteroatoms. The van der Waals surface area contributed by atoms with Crippen LogP contribution in [0.25, 0.3) is 10.2 Å². The van der Waals surface area contributed by atoms with Crippen molar-refractivity contribution in [3.05, 3.63) is 87.6 Å². The number of Topliss-reactive ketones (excluding diaryl/α,β-unsaturated/α-hetero) is 1. The van der Waals surface area contributed by atoms with Crippen molar-refractivity contribution >= 4 is 49.7 Å². The van der Waals surface area contributed by atoms with Gasteiger partial charge in [0.1, 0.15) is 11.6 Å². The number of hydrogen-bond donors (Lipinski definition) is 1. The number of anilines is 1. The summed E-state index contributed by atoms with van der Waals surface area (Å²) >= 11 is 2.42. The smallest absolute Gasteiger partial charge is 0.296 e. The number of thiophene rings is 1. The zero-order valence-electron chi connectivity index (χ0n) is 16.6. The van der Waals surface area contributed by atoms with Gasteiger partial charge in [-0.25, -0.2) is 9.37 Å². The number of amides is 1. The molecule has 0 bridgehead atoms. The van der Waals surface area contributed by atoms with Gasteiger partial charge in [-0.1, -0.05) is 29.5 Å². The van der Waals surface area contributed by atoms with Crippen LogP contribution in [0.3, 0.4) is 0 Å². The molecule has 0 aliphatic carbocycles. The van der Waals surface area contributed by atoms with Gasteiger partial charge >= 0.3 is 0 Å². The van der Waals surface area contributed by atoms with Crippen molar-refractivity contribution < 1.29 is 23.8 Å². The third-order valence-corrected chi connectivity index (χ3v) is 7.04. The van der Waals surface area contributed by atoms with Gasteiger partial charge < -0.3 is 9.84 Å². The molecular weight excluding hydrogens is 451 g/mol. The largest absolute Gasteiger partial charge is 0.503 e. The van der Waals surface area contributed by atoms with Gasteiger partial charge in [0.05, 0.1) is 33.8 Å². The summed E-state index contributed by atoms with van der Waals surface area (Å²) in [5.41, 5.74) is 0.896.